The first-order valence-electron chi connectivity index (χ1n) is 7.56. The lowest BCUT2D eigenvalue weighted by atomic mass is 10.2. The second-order valence-corrected chi connectivity index (χ2v) is 5.27. The molecule has 1 saturated heterocycles. The largest absolute Gasteiger partial charge is 0.464 e. The topological polar surface area (TPSA) is 77.1 Å². The van der Waals surface area contributed by atoms with Gasteiger partial charge in [-0.05, 0) is 19.8 Å². The molecule has 2 fully saturated rings. The first-order chi connectivity index (χ1) is 10.2. The van der Waals surface area contributed by atoms with E-state index in [9.17, 15) is 9.59 Å². The molecule has 1 N–H and O–H groups in total. The van der Waals surface area contributed by atoms with Gasteiger partial charge in [0.2, 0.25) is 5.91 Å². The number of carbonyl (C=O) groups excluding carboxylic acids is 2. The Balaban J connectivity index is 1.68. The highest BCUT2D eigenvalue weighted by molar-refractivity contribution is 5.82. The van der Waals surface area contributed by atoms with Crippen molar-refractivity contribution in [1.82, 2.24) is 10.2 Å². The van der Waals surface area contributed by atoms with E-state index in [0.29, 0.717) is 45.6 Å². The molecule has 2 rings (SSSR count). The molecule has 1 amide bonds. The lowest BCUT2D eigenvalue weighted by Gasteiger charge is -2.34. The third-order valence-electron chi connectivity index (χ3n) is 3.51. The Morgan fingerprint density at radius 3 is 2.90 bits per heavy atom. The van der Waals surface area contributed by atoms with Crippen molar-refractivity contribution in [2.45, 2.75) is 31.8 Å². The predicted octanol–water partition coefficient (Wildman–Crippen LogP) is -0.454. The molecule has 1 aliphatic heterocycles. The highest BCUT2D eigenvalue weighted by atomic mass is 16.6. The molecular weight excluding hydrogens is 276 g/mol. The molecule has 0 aromatic rings. The summed E-state index contributed by atoms with van der Waals surface area (Å²) in [6, 6.07) is 0.0897. The summed E-state index contributed by atoms with van der Waals surface area (Å²) in [4.78, 5) is 25.3. The van der Waals surface area contributed by atoms with Gasteiger partial charge < -0.3 is 19.5 Å². The predicted molar refractivity (Wildman–Crippen MR) is 74.8 cm³/mol. The van der Waals surface area contributed by atoms with Crippen LogP contribution in [0.1, 0.15) is 19.8 Å². The summed E-state index contributed by atoms with van der Waals surface area (Å²) in [5.41, 5.74) is 0. The monoisotopic (exact) mass is 300 g/mol. The van der Waals surface area contributed by atoms with Crippen LogP contribution in [0.15, 0.2) is 0 Å². The van der Waals surface area contributed by atoms with Crippen molar-refractivity contribution < 1.29 is 23.8 Å². The normalized spacial score (nSPS) is 22.8. The molecule has 0 radical (unpaired) electrons. The van der Waals surface area contributed by atoms with E-state index in [0.717, 1.165) is 12.8 Å². The van der Waals surface area contributed by atoms with E-state index >= 15 is 0 Å². The van der Waals surface area contributed by atoms with E-state index in [1.807, 2.05) is 4.90 Å². The van der Waals surface area contributed by atoms with E-state index in [-0.39, 0.29) is 24.5 Å². The van der Waals surface area contributed by atoms with Crippen LogP contribution in [-0.4, -0.2) is 75.0 Å². The zero-order valence-corrected chi connectivity index (χ0v) is 12.5. The standard InChI is InChI=1S/C14H24N2O5/c1-2-21-13(17)10-20-8-6-16-5-7-19-9-12(16)14(18)15-11-3-4-11/h11-12H,2-10H2,1H3,(H,15,18). The maximum Gasteiger partial charge on any atom is 0.332 e. The molecule has 1 unspecified atom stereocenters. The Kier molecular flexibility index (Phi) is 6.41. The van der Waals surface area contributed by atoms with Gasteiger partial charge in [-0.2, -0.15) is 0 Å². The van der Waals surface area contributed by atoms with Crippen LogP contribution < -0.4 is 5.32 Å². The van der Waals surface area contributed by atoms with Crippen molar-refractivity contribution >= 4 is 11.9 Å². The van der Waals surface area contributed by atoms with Crippen LogP contribution in [-0.2, 0) is 23.8 Å². The molecule has 0 spiro atoms. The van der Waals surface area contributed by atoms with Crippen molar-refractivity contribution in [2.24, 2.45) is 0 Å². The Morgan fingerprint density at radius 1 is 1.38 bits per heavy atom. The zero-order valence-electron chi connectivity index (χ0n) is 12.5. The van der Waals surface area contributed by atoms with Gasteiger partial charge in [-0.25, -0.2) is 4.79 Å². The number of amides is 1. The molecule has 2 aliphatic rings. The number of esters is 1. The SMILES string of the molecule is CCOC(=O)COCCN1CCOCC1C(=O)NC1CC1. The zero-order chi connectivity index (χ0) is 15.1. The fourth-order valence-electron chi connectivity index (χ4n) is 2.21. The van der Waals surface area contributed by atoms with Crippen LogP contribution in [0.2, 0.25) is 0 Å². The van der Waals surface area contributed by atoms with E-state index in [2.05, 4.69) is 5.32 Å². The van der Waals surface area contributed by atoms with Gasteiger partial charge in [-0.15, -0.1) is 0 Å². The summed E-state index contributed by atoms with van der Waals surface area (Å²) < 4.78 is 15.5. The van der Waals surface area contributed by atoms with Gasteiger partial charge in [0, 0.05) is 19.1 Å². The molecule has 1 aliphatic carbocycles. The summed E-state index contributed by atoms with van der Waals surface area (Å²) in [5, 5.41) is 3.00. The molecule has 21 heavy (non-hydrogen) atoms. The van der Waals surface area contributed by atoms with Crippen molar-refractivity contribution in [1.29, 1.82) is 0 Å². The number of hydrogen-bond donors (Lipinski definition) is 1. The molecule has 1 saturated carbocycles. The van der Waals surface area contributed by atoms with Crippen molar-refractivity contribution in [3.05, 3.63) is 0 Å². The lowest BCUT2D eigenvalue weighted by molar-refractivity contribution is -0.149. The van der Waals surface area contributed by atoms with Crippen LogP contribution in [0.3, 0.4) is 0 Å². The van der Waals surface area contributed by atoms with Crippen molar-refractivity contribution in [3.8, 4) is 0 Å². The lowest BCUT2D eigenvalue weighted by Crippen LogP contribution is -2.54. The Bertz CT molecular complexity index is 359. The minimum absolute atomic E-state index is 0.0302. The van der Waals surface area contributed by atoms with Gasteiger partial charge in [0.1, 0.15) is 12.6 Å². The summed E-state index contributed by atoms with van der Waals surface area (Å²) in [6.45, 7) is 4.80. The van der Waals surface area contributed by atoms with Gasteiger partial charge in [0.15, 0.2) is 0 Å². The number of morpholine rings is 1. The van der Waals surface area contributed by atoms with Crippen LogP contribution in [0, 0.1) is 0 Å². The number of rotatable bonds is 8. The first kappa shape index (κ1) is 16.2. The Labute approximate surface area is 124 Å². The summed E-state index contributed by atoms with van der Waals surface area (Å²) >= 11 is 0. The van der Waals surface area contributed by atoms with Crippen LogP contribution in [0.4, 0.5) is 0 Å². The van der Waals surface area contributed by atoms with Gasteiger partial charge in [-0.3, -0.25) is 9.69 Å². The Hall–Kier alpha value is -1.18. The number of nitrogens with one attached hydrogen (secondary N) is 1. The average molecular weight is 300 g/mol. The summed E-state index contributed by atoms with van der Waals surface area (Å²) in [7, 11) is 0. The van der Waals surface area contributed by atoms with Crippen LogP contribution in [0.5, 0.6) is 0 Å². The van der Waals surface area contributed by atoms with Crippen molar-refractivity contribution in [3.63, 3.8) is 0 Å². The fourth-order valence-corrected chi connectivity index (χ4v) is 2.21. The number of ether oxygens (including phenoxy) is 3. The van der Waals surface area contributed by atoms with E-state index in [1.54, 1.807) is 6.92 Å². The summed E-state index contributed by atoms with van der Waals surface area (Å²) in [5.74, 6) is -0.329. The first-order valence-corrected chi connectivity index (χ1v) is 7.56. The van der Waals surface area contributed by atoms with Gasteiger partial charge in [0.05, 0.1) is 26.4 Å². The van der Waals surface area contributed by atoms with Crippen molar-refractivity contribution in [2.75, 3.05) is 46.1 Å². The molecule has 120 valence electrons. The highest BCUT2D eigenvalue weighted by Crippen LogP contribution is 2.19. The third kappa shape index (κ3) is 5.61. The molecule has 0 bridgehead atoms. The van der Waals surface area contributed by atoms with Crippen LogP contribution >= 0.6 is 0 Å². The van der Waals surface area contributed by atoms with Gasteiger partial charge in [0.25, 0.3) is 0 Å². The van der Waals surface area contributed by atoms with E-state index in [1.165, 1.54) is 0 Å². The van der Waals surface area contributed by atoms with Crippen LogP contribution in [0.25, 0.3) is 0 Å². The Morgan fingerprint density at radius 2 is 2.19 bits per heavy atom. The molecule has 1 heterocycles. The maximum atomic E-state index is 12.1. The van der Waals surface area contributed by atoms with Gasteiger partial charge >= 0.3 is 5.97 Å². The quantitative estimate of drug-likeness (QED) is 0.483. The smallest absolute Gasteiger partial charge is 0.332 e. The van der Waals surface area contributed by atoms with Gasteiger partial charge in [-0.1, -0.05) is 0 Å². The fraction of sp³-hybridized carbons (Fsp3) is 0.857. The molecule has 0 aromatic carbocycles. The average Bonchev–Trinajstić information content (AvgIpc) is 3.28. The highest BCUT2D eigenvalue weighted by Gasteiger charge is 2.32. The van der Waals surface area contributed by atoms with E-state index in [4.69, 9.17) is 14.2 Å². The minimum Gasteiger partial charge on any atom is -0.464 e. The molecule has 0 aromatic heterocycles. The number of carbonyl (C=O) groups is 2. The second-order valence-electron chi connectivity index (χ2n) is 5.27. The molecule has 1 atom stereocenters. The summed E-state index contributed by atoms with van der Waals surface area (Å²) in [6.07, 6.45) is 2.14. The molecule has 7 nitrogen and oxygen atoms in total. The second kappa shape index (κ2) is 8.31. The number of nitrogens with zero attached hydrogens (tertiary/aromatic N) is 1. The third-order valence-corrected chi connectivity index (χ3v) is 3.51. The molecule has 7 heteroatoms. The number of hydrogen-bond acceptors (Lipinski definition) is 6. The molecular formula is C14H24N2O5. The minimum atomic E-state index is -0.359. The van der Waals surface area contributed by atoms with E-state index < -0.39 is 0 Å². The maximum absolute atomic E-state index is 12.1.